The molecule has 4 rings (SSSR count). The Balaban J connectivity index is 1.61. The van der Waals surface area contributed by atoms with Crippen LogP contribution in [0.2, 0.25) is 0 Å². The monoisotopic (exact) mass is 468 g/mol. The molecule has 0 radical (unpaired) electrons. The van der Waals surface area contributed by atoms with Crippen molar-refractivity contribution in [2.75, 3.05) is 30.0 Å². The van der Waals surface area contributed by atoms with E-state index in [2.05, 4.69) is 40.2 Å². The zero-order valence-electron chi connectivity index (χ0n) is 19.8. The van der Waals surface area contributed by atoms with Gasteiger partial charge in [-0.2, -0.15) is 0 Å². The number of anilines is 3. The van der Waals surface area contributed by atoms with Gasteiger partial charge in [-0.15, -0.1) is 0 Å². The van der Waals surface area contributed by atoms with Crippen LogP contribution in [0.15, 0.2) is 78.0 Å². The van der Waals surface area contributed by atoms with Crippen molar-refractivity contribution in [3.8, 4) is 11.1 Å². The third-order valence-corrected chi connectivity index (χ3v) is 5.97. The van der Waals surface area contributed by atoms with Crippen molar-refractivity contribution in [3.05, 3.63) is 89.1 Å². The number of amides is 3. The predicted molar refractivity (Wildman–Crippen MR) is 141 cm³/mol. The van der Waals surface area contributed by atoms with Crippen LogP contribution in [-0.4, -0.2) is 32.2 Å². The van der Waals surface area contributed by atoms with Crippen molar-refractivity contribution in [2.24, 2.45) is 0 Å². The molecule has 0 aliphatic carbocycles. The molecular formula is C27H28N6O2. The van der Waals surface area contributed by atoms with Crippen molar-refractivity contribution in [1.82, 2.24) is 10.6 Å². The highest BCUT2D eigenvalue weighted by atomic mass is 16.2. The van der Waals surface area contributed by atoms with Crippen LogP contribution in [0, 0.1) is 5.41 Å². The molecule has 8 nitrogen and oxygen atoms in total. The molecule has 0 saturated carbocycles. The fourth-order valence-corrected chi connectivity index (χ4v) is 4.04. The zero-order chi connectivity index (χ0) is 25.1. The molecule has 3 amide bonds. The number of nitrogen functional groups attached to an aromatic ring is 1. The van der Waals surface area contributed by atoms with Crippen molar-refractivity contribution < 1.29 is 9.59 Å². The summed E-state index contributed by atoms with van der Waals surface area (Å²) in [6.07, 6.45) is 1.14. The normalized spacial score (nSPS) is 15.2. The van der Waals surface area contributed by atoms with Crippen LogP contribution in [0.1, 0.15) is 24.1 Å². The van der Waals surface area contributed by atoms with E-state index >= 15 is 0 Å². The summed E-state index contributed by atoms with van der Waals surface area (Å²) < 4.78 is 0. The Morgan fingerprint density at radius 2 is 1.66 bits per heavy atom. The van der Waals surface area contributed by atoms with Gasteiger partial charge in [-0.05, 0) is 53.9 Å². The molecule has 1 aliphatic heterocycles. The number of carbonyl (C=O) groups is 2. The average molecular weight is 469 g/mol. The lowest BCUT2D eigenvalue weighted by Crippen LogP contribution is -2.45. The highest BCUT2D eigenvalue weighted by molar-refractivity contribution is 6.07. The van der Waals surface area contributed by atoms with Gasteiger partial charge in [0.05, 0.1) is 11.6 Å². The number of benzene rings is 3. The third kappa shape index (κ3) is 5.01. The van der Waals surface area contributed by atoms with Gasteiger partial charge in [-0.25, -0.2) is 4.79 Å². The molecule has 3 aromatic carbocycles. The SMILES string of the molecule is CC1=C(C(=O)Nc2ccc(N)c(C=N)c2)C(c2ccc(-c3ccc(N(C)C)cc3)cc2)NC(=O)N1. The number of urea groups is 1. The molecule has 0 spiro atoms. The maximum absolute atomic E-state index is 13.3. The summed E-state index contributed by atoms with van der Waals surface area (Å²) in [6.45, 7) is 1.70. The molecule has 1 unspecified atom stereocenters. The first-order valence-corrected chi connectivity index (χ1v) is 11.1. The molecular weight excluding hydrogens is 440 g/mol. The smallest absolute Gasteiger partial charge is 0.319 e. The van der Waals surface area contributed by atoms with E-state index in [-0.39, 0.29) is 11.9 Å². The summed E-state index contributed by atoms with van der Waals surface area (Å²) >= 11 is 0. The minimum atomic E-state index is -0.620. The molecule has 3 aromatic rings. The predicted octanol–water partition coefficient (Wildman–Crippen LogP) is 4.27. The zero-order valence-corrected chi connectivity index (χ0v) is 19.8. The second kappa shape index (κ2) is 9.72. The number of nitrogens with one attached hydrogen (secondary N) is 4. The number of hydrogen-bond acceptors (Lipinski definition) is 5. The van der Waals surface area contributed by atoms with Crippen LogP contribution in [0.3, 0.4) is 0 Å². The summed E-state index contributed by atoms with van der Waals surface area (Å²) in [5, 5.41) is 15.9. The number of carbonyl (C=O) groups excluding carboxylic acids is 2. The molecule has 0 fully saturated rings. The summed E-state index contributed by atoms with van der Waals surface area (Å²) in [5.41, 5.74) is 12.2. The van der Waals surface area contributed by atoms with Crippen LogP contribution in [0.4, 0.5) is 21.9 Å². The van der Waals surface area contributed by atoms with E-state index in [4.69, 9.17) is 11.1 Å². The Morgan fingerprint density at radius 3 is 2.26 bits per heavy atom. The minimum absolute atomic E-state index is 0.357. The fourth-order valence-electron chi connectivity index (χ4n) is 4.04. The molecule has 1 aliphatic rings. The van der Waals surface area contributed by atoms with Gasteiger partial charge in [0.1, 0.15) is 0 Å². The van der Waals surface area contributed by atoms with Gasteiger partial charge >= 0.3 is 6.03 Å². The fraction of sp³-hybridized carbons (Fsp3) is 0.148. The molecule has 0 bridgehead atoms. The van der Waals surface area contributed by atoms with E-state index in [0.29, 0.717) is 28.2 Å². The Kier molecular flexibility index (Phi) is 6.55. The number of rotatable bonds is 6. The molecule has 6 N–H and O–H groups in total. The second-order valence-corrected chi connectivity index (χ2v) is 8.58. The standard InChI is InChI=1S/C27H28N6O2/c1-16-24(26(34)31-21-10-13-23(29)20(14-21)15-28)25(32-27(35)30-16)19-6-4-17(5-7-19)18-8-11-22(12-9-18)33(2)3/h4-15,25,28H,29H2,1-3H3,(H,31,34)(H2,30,32,35). The number of allylic oxidation sites excluding steroid dienone is 1. The van der Waals surface area contributed by atoms with Gasteiger partial charge < -0.3 is 32.0 Å². The van der Waals surface area contributed by atoms with Gasteiger partial charge in [0.25, 0.3) is 5.91 Å². The van der Waals surface area contributed by atoms with E-state index in [0.717, 1.165) is 28.6 Å². The first kappa shape index (κ1) is 23.6. The van der Waals surface area contributed by atoms with Crippen LogP contribution >= 0.6 is 0 Å². The van der Waals surface area contributed by atoms with Gasteiger partial charge in [0.15, 0.2) is 0 Å². The van der Waals surface area contributed by atoms with E-state index < -0.39 is 6.04 Å². The molecule has 1 heterocycles. The Hall–Kier alpha value is -4.59. The summed E-state index contributed by atoms with van der Waals surface area (Å²) in [7, 11) is 4.00. The largest absolute Gasteiger partial charge is 0.398 e. The van der Waals surface area contributed by atoms with Crippen LogP contribution < -0.4 is 26.6 Å². The third-order valence-electron chi connectivity index (χ3n) is 5.97. The van der Waals surface area contributed by atoms with Crippen molar-refractivity contribution in [1.29, 1.82) is 5.41 Å². The second-order valence-electron chi connectivity index (χ2n) is 8.58. The molecule has 1 atom stereocenters. The molecule has 178 valence electrons. The van der Waals surface area contributed by atoms with E-state index in [1.54, 1.807) is 25.1 Å². The summed E-state index contributed by atoms with van der Waals surface area (Å²) in [5.74, 6) is -0.357. The quantitative estimate of drug-likeness (QED) is 0.274. The lowest BCUT2D eigenvalue weighted by atomic mass is 9.93. The number of nitrogens with zero attached hydrogens (tertiary/aromatic N) is 1. The summed E-state index contributed by atoms with van der Waals surface area (Å²) in [6, 6.07) is 20.0. The molecule has 0 saturated heterocycles. The van der Waals surface area contributed by atoms with Crippen LogP contribution in [0.5, 0.6) is 0 Å². The highest BCUT2D eigenvalue weighted by Crippen LogP contribution is 2.30. The van der Waals surface area contributed by atoms with E-state index in [1.165, 1.54) is 0 Å². The maximum Gasteiger partial charge on any atom is 0.319 e. The lowest BCUT2D eigenvalue weighted by Gasteiger charge is -2.29. The molecule has 0 aromatic heterocycles. The van der Waals surface area contributed by atoms with Gasteiger partial charge in [-0.3, -0.25) is 4.79 Å². The topological polar surface area (TPSA) is 123 Å². The Labute approximate surface area is 204 Å². The summed E-state index contributed by atoms with van der Waals surface area (Å²) in [4.78, 5) is 27.6. The van der Waals surface area contributed by atoms with Crippen LogP contribution in [0.25, 0.3) is 11.1 Å². The average Bonchev–Trinajstić information content (AvgIpc) is 2.84. The van der Waals surface area contributed by atoms with E-state index in [9.17, 15) is 9.59 Å². The lowest BCUT2D eigenvalue weighted by molar-refractivity contribution is -0.113. The molecule has 35 heavy (non-hydrogen) atoms. The highest BCUT2D eigenvalue weighted by Gasteiger charge is 2.31. The Morgan fingerprint density at radius 1 is 1.03 bits per heavy atom. The van der Waals surface area contributed by atoms with Gasteiger partial charge in [0.2, 0.25) is 0 Å². The van der Waals surface area contributed by atoms with Crippen molar-refractivity contribution >= 4 is 35.2 Å². The van der Waals surface area contributed by atoms with Crippen LogP contribution in [-0.2, 0) is 4.79 Å². The number of hydrogen-bond donors (Lipinski definition) is 5. The van der Waals surface area contributed by atoms with Gasteiger partial charge in [-0.1, -0.05) is 36.4 Å². The first-order valence-electron chi connectivity index (χ1n) is 11.1. The number of nitrogens with two attached hydrogens (primary N) is 1. The van der Waals surface area contributed by atoms with Crippen molar-refractivity contribution in [3.63, 3.8) is 0 Å². The minimum Gasteiger partial charge on any atom is -0.398 e. The van der Waals surface area contributed by atoms with E-state index in [1.807, 2.05) is 43.3 Å². The Bertz CT molecular complexity index is 1310. The molecule has 8 heteroatoms. The maximum atomic E-state index is 13.3. The first-order chi connectivity index (χ1) is 16.8. The van der Waals surface area contributed by atoms with Gasteiger partial charge in [0, 0.05) is 48.6 Å². The van der Waals surface area contributed by atoms with Crippen molar-refractivity contribution in [2.45, 2.75) is 13.0 Å².